The Labute approximate surface area is 175 Å². The largest absolute Gasteiger partial charge is 0.495 e. The standard InChI is InChI=1S/C23H26N4O3/c1-14(2)27-12-16(5-8-22(27)28)20-11-24-15(3)26-23(20)30-13-17-9-19(17)21-7-6-18(29-4)10-25-21/h5-8,10-12,14,17,19H,9,13H2,1-4H3/t17-,19+/m1/s1. The molecule has 0 N–H and O–H groups in total. The third-order valence-corrected chi connectivity index (χ3v) is 5.41. The van der Waals surface area contributed by atoms with E-state index in [1.54, 1.807) is 36.2 Å². The Morgan fingerprint density at radius 3 is 2.70 bits per heavy atom. The molecule has 7 heteroatoms. The molecule has 3 aromatic rings. The van der Waals surface area contributed by atoms with Crippen LogP contribution in [0.25, 0.3) is 11.1 Å². The Bertz CT molecular complexity index is 1090. The second-order valence-corrected chi connectivity index (χ2v) is 7.93. The van der Waals surface area contributed by atoms with Crippen LogP contribution in [0.1, 0.15) is 43.7 Å². The monoisotopic (exact) mass is 406 g/mol. The van der Waals surface area contributed by atoms with Crippen LogP contribution in [0.3, 0.4) is 0 Å². The second-order valence-electron chi connectivity index (χ2n) is 7.93. The number of aryl methyl sites for hydroxylation is 1. The summed E-state index contributed by atoms with van der Waals surface area (Å²) in [5.41, 5.74) is 2.68. The first kappa shape index (κ1) is 20.1. The van der Waals surface area contributed by atoms with E-state index >= 15 is 0 Å². The fourth-order valence-corrected chi connectivity index (χ4v) is 3.54. The van der Waals surface area contributed by atoms with Crippen molar-refractivity contribution in [2.24, 2.45) is 5.92 Å². The van der Waals surface area contributed by atoms with Crippen LogP contribution in [0.15, 0.2) is 47.7 Å². The van der Waals surface area contributed by atoms with E-state index in [0.717, 1.165) is 29.0 Å². The molecule has 4 rings (SSSR count). The van der Waals surface area contributed by atoms with Crippen molar-refractivity contribution >= 4 is 0 Å². The zero-order valence-electron chi connectivity index (χ0n) is 17.7. The predicted octanol–water partition coefficient (Wildman–Crippen LogP) is 3.78. The van der Waals surface area contributed by atoms with Gasteiger partial charge in [0.2, 0.25) is 5.88 Å². The van der Waals surface area contributed by atoms with E-state index in [4.69, 9.17) is 9.47 Å². The normalized spacial score (nSPS) is 17.8. The van der Waals surface area contributed by atoms with E-state index < -0.39 is 0 Å². The molecule has 156 valence electrons. The SMILES string of the molecule is COc1ccc([C@H]2C[C@@H]2COc2nc(C)ncc2-c2ccc(=O)n(C(C)C)c2)nc1. The number of hydrogen-bond acceptors (Lipinski definition) is 6. The molecule has 3 heterocycles. The van der Waals surface area contributed by atoms with Gasteiger partial charge in [-0.25, -0.2) is 4.98 Å². The maximum Gasteiger partial charge on any atom is 0.250 e. The zero-order chi connectivity index (χ0) is 21.3. The van der Waals surface area contributed by atoms with Gasteiger partial charge in [0.1, 0.15) is 11.6 Å². The Morgan fingerprint density at radius 2 is 2.00 bits per heavy atom. The summed E-state index contributed by atoms with van der Waals surface area (Å²) in [5, 5.41) is 0. The summed E-state index contributed by atoms with van der Waals surface area (Å²) in [7, 11) is 1.64. The highest BCUT2D eigenvalue weighted by atomic mass is 16.5. The van der Waals surface area contributed by atoms with Gasteiger partial charge in [-0.2, -0.15) is 4.98 Å². The van der Waals surface area contributed by atoms with Gasteiger partial charge in [0, 0.05) is 47.6 Å². The topological polar surface area (TPSA) is 79.1 Å². The molecule has 0 aromatic carbocycles. The molecule has 0 radical (unpaired) electrons. The Morgan fingerprint density at radius 1 is 1.17 bits per heavy atom. The van der Waals surface area contributed by atoms with E-state index in [2.05, 4.69) is 15.0 Å². The van der Waals surface area contributed by atoms with E-state index in [0.29, 0.717) is 30.1 Å². The minimum atomic E-state index is -0.0305. The van der Waals surface area contributed by atoms with Gasteiger partial charge >= 0.3 is 0 Å². The molecule has 1 saturated carbocycles. The van der Waals surface area contributed by atoms with Crippen LogP contribution in [0.4, 0.5) is 0 Å². The average molecular weight is 406 g/mol. The molecule has 3 aromatic heterocycles. The van der Waals surface area contributed by atoms with E-state index in [1.165, 1.54) is 0 Å². The lowest BCUT2D eigenvalue weighted by molar-refractivity contribution is 0.285. The van der Waals surface area contributed by atoms with Crippen molar-refractivity contribution in [3.63, 3.8) is 0 Å². The van der Waals surface area contributed by atoms with Gasteiger partial charge in [-0.05, 0) is 45.4 Å². The van der Waals surface area contributed by atoms with Crippen molar-refractivity contribution in [2.45, 2.75) is 39.2 Å². The van der Waals surface area contributed by atoms with Gasteiger partial charge < -0.3 is 14.0 Å². The van der Waals surface area contributed by atoms with Crippen molar-refractivity contribution in [3.8, 4) is 22.8 Å². The van der Waals surface area contributed by atoms with Gasteiger partial charge in [0.15, 0.2) is 0 Å². The van der Waals surface area contributed by atoms with Crippen LogP contribution in [0, 0.1) is 12.8 Å². The number of nitrogens with zero attached hydrogens (tertiary/aromatic N) is 4. The molecule has 0 amide bonds. The Kier molecular flexibility index (Phi) is 5.53. The van der Waals surface area contributed by atoms with Crippen LogP contribution in [0.2, 0.25) is 0 Å². The highest BCUT2D eigenvalue weighted by Crippen LogP contribution is 2.47. The Hall–Kier alpha value is -3.22. The zero-order valence-corrected chi connectivity index (χ0v) is 17.7. The third kappa shape index (κ3) is 4.20. The number of ether oxygens (including phenoxy) is 2. The van der Waals surface area contributed by atoms with Crippen LogP contribution in [-0.4, -0.2) is 33.2 Å². The van der Waals surface area contributed by atoms with Gasteiger partial charge in [-0.3, -0.25) is 9.78 Å². The van der Waals surface area contributed by atoms with Crippen molar-refractivity contribution < 1.29 is 9.47 Å². The van der Waals surface area contributed by atoms with Crippen LogP contribution >= 0.6 is 0 Å². The average Bonchev–Trinajstić information content (AvgIpc) is 3.52. The van der Waals surface area contributed by atoms with Gasteiger partial charge in [-0.15, -0.1) is 0 Å². The highest BCUT2D eigenvalue weighted by Gasteiger charge is 2.40. The van der Waals surface area contributed by atoms with E-state index in [1.807, 2.05) is 39.1 Å². The molecule has 1 aliphatic carbocycles. The van der Waals surface area contributed by atoms with Crippen LogP contribution in [0.5, 0.6) is 11.6 Å². The first-order valence-corrected chi connectivity index (χ1v) is 10.1. The summed E-state index contributed by atoms with van der Waals surface area (Å²) in [6, 6.07) is 7.39. The number of methoxy groups -OCH3 is 1. The maximum atomic E-state index is 12.1. The second kappa shape index (κ2) is 8.26. The molecule has 2 atom stereocenters. The van der Waals surface area contributed by atoms with Crippen molar-refractivity contribution in [3.05, 3.63) is 64.7 Å². The lowest BCUT2D eigenvalue weighted by Gasteiger charge is -2.14. The molecule has 1 fully saturated rings. The molecule has 30 heavy (non-hydrogen) atoms. The maximum absolute atomic E-state index is 12.1. The smallest absolute Gasteiger partial charge is 0.250 e. The van der Waals surface area contributed by atoms with Crippen molar-refractivity contribution in [1.82, 2.24) is 19.5 Å². The van der Waals surface area contributed by atoms with E-state index in [-0.39, 0.29) is 11.6 Å². The lowest BCUT2D eigenvalue weighted by Crippen LogP contribution is -2.20. The van der Waals surface area contributed by atoms with Crippen molar-refractivity contribution in [1.29, 1.82) is 0 Å². The van der Waals surface area contributed by atoms with Crippen molar-refractivity contribution in [2.75, 3.05) is 13.7 Å². The molecular weight excluding hydrogens is 380 g/mol. The van der Waals surface area contributed by atoms with Gasteiger partial charge in [0.05, 0.1) is 25.5 Å². The molecule has 1 aliphatic rings. The Balaban J connectivity index is 1.51. The number of hydrogen-bond donors (Lipinski definition) is 0. The summed E-state index contributed by atoms with van der Waals surface area (Å²) in [5.74, 6) is 2.75. The summed E-state index contributed by atoms with van der Waals surface area (Å²) >= 11 is 0. The molecule has 0 unspecified atom stereocenters. The molecular formula is C23H26N4O3. The van der Waals surface area contributed by atoms with E-state index in [9.17, 15) is 4.79 Å². The first-order valence-electron chi connectivity index (χ1n) is 10.1. The first-order chi connectivity index (χ1) is 14.5. The number of pyridine rings is 2. The number of aromatic nitrogens is 4. The summed E-state index contributed by atoms with van der Waals surface area (Å²) in [4.78, 5) is 25.4. The minimum absolute atomic E-state index is 0.0305. The number of rotatable bonds is 7. The molecule has 7 nitrogen and oxygen atoms in total. The summed E-state index contributed by atoms with van der Waals surface area (Å²) < 4.78 is 13.0. The van der Waals surface area contributed by atoms with Gasteiger partial charge in [-0.1, -0.05) is 0 Å². The lowest BCUT2D eigenvalue weighted by atomic mass is 10.1. The van der Waals surface area contributed by atoms with Crippen LogP contribution in [-0.2, 0) is 0 Å². The molecule has 0 saturated heterocycles. The highest BCUT2D eigenvalue weighted by molar-refractivity contribution is 5.66. The van der Waals surface area contributed by atoms with Crippen LogP contribution < -0.4 is 15.0 Å². The quantitative estimate of drug-likeness (QED) is 0.594. The predicted molar refractivity (Wildman–Crippen MR) is 114 cm³/mol. The summed E-state index contributed by atoms with van der Waals surface area (Å²) in [6.07, 6.45) is 6.39. The summed E-state index contributed by atoms with van der Waals surface area (Å²) in [6.45, 7) is 6.36. The molecule has 0 aliphatic heterocycles. The fourth-order valence-electron chi connectivity index (χ4n) is 3.54. The molecule has 0 bridgehead atoms. The fraction of sp³-hybridized carbons (Fsp3) is 0.391. The minimum Gasteiger partial charge on any atom is -0.495 e. The third-order valence-electron chi connectivity index (χ3n) is 5.41. The molecule has 0 spiro atoms. The van der Waals surface area contributed by atoms with Gasteiger partial charge in [0.25, 0.3) is 5.56 Å².